The Morgan fingerprint density at radius 3 is 3.06 bits per heavy atom. The van der Waals surface area contributed by atoms with Gasteiger partial charge in [-0.1, -0.05) is 24.9 Å². The maximum Gasteiger partial charge on any atom is 0.225 e. The van der Waals surface area contributed by atoms with E-state index < -0.39 is 0 Å². The molecule has 0 amide bonds. The van der Waals surface area contributed by atoms with Gasteiger partial charge in [-0.05, 0) is 19.3 Å². The molecule has 1 saturated heterocycles. The molecule has 1 aliphatic heterocycles. The van der Waals surface area contributed by atoms with Gasteiger partial charge < -0.3 is 15.0 Å². The van der Waals surface area contributed by atoms with Crippen molar-refractivity contribution < 1.29 is 9.26 Å². The summed E-state index contributed by atoms with van der Waals surface area (Å²) in [7, 11) is 0. The van der Waals surface area contributed by atoms with Crippen LogP contribution in [-0.4, -0.2) is 10.8 Å². The van der Waals surface area contributed by atoms with E-state index in [1.807, 2.05) is 0 Å². The number of ether oxygens (including phenoxy) is 1. The van der Waals surface area contributed by atoms with Crippen LogP contribution in [0.1, 0.15) is 50.0 Å². The molecule has 2 fully saturated rings. The molecule has 1 spiro atoms. The summed E-state index contributed by atoms with van der Waals surface area (Å²) >= 11 is 0. The molecule has 4 heteroatoms. The second-order valence-corrected chi connectivity index (χ2v) is 5.74. The van der Waals surface area contributed by atoms with Crippen LogP contribution < -0.4 is 5.73 Å². The third-order valence-electron chi connectivity index (χ3n) is 4.91. The minimum atomic E-state index is 0.0571. The molecule has 2 aliphatic carbocycles. The van der Waals surface area contributed by atoms with Gasteiger partial charge in [0.25, 0.3) is 0 Å². The van der Waals surface area contributed by atoms with Gasteiger partial charge in [0.2, 0.25) is 5.88 Å². The van der Waals surface area contributed by atoms with Crippen molar-refractivity contribution in [2.45, 2.75) is 50.7 Å². The quantitative estimate of drug-likeness (QED) is 0.681. The monoisotopic (exact) mass is 220 g/mol. The summed E-state index contributed by atoms with van der Waals surface area (Å²) in [6, 6.07) is 0. The number of aromatic nitrogens is 1. The molecule has 1 aromatic rings. The second-order valence-electron chi connectivity index (χ2n) is 5.74. The van der Waals surface area contributed by atoms with Gasteiger partial charge in [0.15, 0.2) is 0 Å². The van der Waals surface area contributed by atoms with Gasteiger partial charge in [0, 0.05) is 11.0 Å². The number of fused-ring (bicyclic) bond motifs is 2. The Hall–Kier alpha value is -1.03. The molecule has 0 aromatic carbocycles. The summed E-state index contributed by atoms with van der Waals surface area (Å²) < 4.78 is 11.1. The number of anilines is 1. The van der Waals surface area contributed by atoms with E-state index in [0.717, 1.165) is 17.7 Å². The number of epoxide rings is 1. The number of hydrogen-bond acceptors (Lipinski definition) is 4. The van der Waals surface area contributed by atoms with Crippen LogP contribution in [0.2, 0.25) is 0 Å². The van der Waals surface area contributed by atoms with Crippen LogP contribution in [-0.2, 0) is 11.2 Å². The van der Waals surface area contributed by atoms with Gasteiger partial charge in [-0.25, -0.2) is 0 Å². The average Bonchev–Trinajstić information content (AvgIpc) is 2.90. The van der Waals surface area contributed by atoms with Crippen LogP contribution in [0.3, 0.4) is 0 Å². The highest BCUT2D eigenvalue weighted by atomic mass is 16.6. The van der Waals surface area contributed by atoms with Crippen LogP contribution in [0.4, 0.5) is 5.88 Å². The number of hydrogen-bond donors (Lipinski definition) is 1. The van der Waals surface area contributed by atoms with E-state index in [2.05, 4.69) is 12.1 Å². The average molecular weight is 220 g/mol. The number of nitrogens with zero attached hydrogens (tertiary/aromatic N) is 1. The van der Waals surface area contributed by atoms with Crippen molar-refractivity contribution in [2.75, 3.05) is 5.73 Å². The molecule has 0 unspecified atom stereocenters. The van der Waals surface area contributed by atoms with Gasteiger partial charge in [0.05, 0.1) is 0 Å². The lowest BCUT2D eigenvalue weighted by Gasteiger charge is -2.42. The fraction of sp³-hybridized carbons (Fsp3) is 0.750. The van der Waals surface area contributed by atoms with Crippen molar-refractivity contribution in [3.8, 4) is 0 Å². The number of nitrogens with two attached hydrogens (primary N) is 1. The first-order valence-corrected chi connectivity index (χ1v) is 6.08. The van der Waals surface area contributed by atoms with Gasteiger partial charge in [-0.3, -0.25) is 0 Å². The van der Waals surface area contributed by atoms with Crippen molar-refractivity contribution in [1.29, 1.82) is 0 Å². The zero-order valence-electron chi connectivity index (χ0n) is 9.45. The first-order valence-electron chi connectivity index (χ1n) is 6.08. The predicted molar refractivity (Wildman–Crippen MR) is 57.8 cm³/mol. The third-order valence-corrected chi connectivity index (χ3v) is 4.91. The van der Waals surface area contributed by atoms with E-state index in [1.165, 1.54) is 25.7 Å². The highest BCUT2D eigenvalue weighted by molar-refractivity contribution is 5.47. The van der Waals surface area contributed by atoms with E-state index in [0.29, 0.717) is 5.88 Å². The summed E-state index contributed by atoms with van der Waals surface area (Å²) in [5.74, 6) is 0.492. The Balaban J connectivity index is 1.88. The Morgan fingerprint density at radius 1 is 1.38 bits per heavy atom. The molecule has 16 heavy (non-hydrogen) atoms. The summed E-state index contributed by atoms with van der Waals surface area (Å²) in [6.07, 6.45) is 6.09. The molecule has 4 rings (SSSR count). The van der Waals surface area contributed by atoms with Crippen molar-refractivity contribution in [3.63, 3.8) is 0 Å². The maximum atomic E-state index is 6.03. The van der Waals surface area contributed by atoms with E-state index in [-0.39, 0.29) is 17.1 Å². The lowest BCUT2D eigenvalue weighted by molar-refractivity contribution is 0.0674. The van der Waals surface area contributed by atoms with Crippen molar-refractivity contribution in [3.05, 3.63) is 11.3 Å². The van der Waals surface area contributed by atoms with Gasteiger partial charge in [0.1, 0.15) is 17.4 Å². The van der Waals surface area contributed by atoms with E-state index in [4.69, 9.17) is 15.0 Å². The molecule has 3 atom stereocenters. The maximum absolute atomic E-state index is 6.03. The standard InChI is InChI=1S/C12H16N2O2/c1-11-4-2-3-5-12(11)9(15-12)8-7(6-11)10(13)16-14-8/h9H,2-6,13H2,1H3/t9-,11+,12-/m1/s1. The Labute approximate surface area is 94.1 Å². The highest BCUT2D eigenvalue weighted by Gasteiger charge is 2.71. The molecular formula is C12H16N2O2. The summed E-state index contributed by atoms with van der Waals surface area (Å²) in [5, 5.41) is 4.07. The highest BCUT2D eigenvalue weighted by Crippen LogP contribution is 2.69. The molecule has 1 saturated carbocycles. The van der Waals surface area contributed by atoms with E-state index in [9.17, 15) is 0 Å². The fourth-order valence-electron chi connectivity index (χ4n) is 3.86. The van der Waals surface area contributed by atoms with Gasteiger partial charge >= 0.3 is 0 Å². The van der Waals surface area contributed by atoms with E-state index in [1.54, 1.807) is 0 Å². The SMILES string of the molecule is C[C@@]12CCCC[C@]13O[C@@H]3c1noc(N)c1C2. The molecule has 4 nitrogen and oxygen atoms in total. The van der Waals surface area contributed by atoms with Crippen molar-refractivity contribution in [1.82, 2.24) is 5.16 Å². The lowest BCUT2D eigenvalue weighted by atomic mass is 9.60. The molecule has 86 valence electrons. The summed E-state index contributed by atoms with van der Waals surface area (Å²) in [4.78, 5) is 0. The first-order chi connectivity index (χ1) is 7.66. The largest absolute Gasteiger partial charge is 0.367 e. The molecule has 0 radical (unpaired) electrons. The number of rotatable bonds is 0. The van der Waals surface area contributed by atoms with Crippen LogP contribution in [0.15, 0.2) is 4.52 Å². The molecule has 2 N–H and O–H groups in total. The predicted octanol–water partition coefficient (Wildman–Crippen LogP) is 2.20. The topological polar surface area (TPSA) is 64.6 Å². The van der Waals surface area contributed by atoms with Crippen LogP contribution in [0.25, 0.3) is 0 Å². The first kappa shape index (κ1) is 9.05. The van der Waals surface area contributed by atoms with Crippen LogP contribution >= 0.6 is 0 Å². The van der Waals surface area contributed by atoms with Gasteiger partial charge in [-0.15, -0.1) is 0 Å². The van der Waals surface area contributed by atoms with E-state index >= 15 is 0 Å². The van der Waals surface area contributed by atoms with Crippen molar-refractivity contribution in [2.24, 2.45) is 5.41 Å². The molecule has 0 bridgehead atoms. The van der Waals surface area contributed by atoms with Crippen LogP contribution in [0, 0.1) is 5.41 Å². The Morgan fingerprint density at radius 2 is 2.19 bits per heavy atom. The molecule has 2 heterocycles. The molecule has 1 aromatic heterocycles. The van der Waals surface area contributed by atoms with Crippen LogP contribution in [0.5, 0.6) is 0 Å². The number of nitrogen functional groups attached to an aromatic ring is 1. The third kappa shape index (κ3) is 0.808. The summed E-state index contributed by atoms with van der Waals surface area (Å²) in [5.41, 5.74) is 8.20. The van der Waals surface area contributed by atoms with Gasteiger partial charge in [-0.2, -0.15) is 0 Å². The second kappa shape index (κ2) is 2.45. The zero-order valence-corrected chi connectivity index (χ0v) is 9.45. The smallest absolute Gasteiger partial charge is 0.225 e. The molecular weight excluding hydrogens is 204 g/mol. The summed E-state index contributed by atoms with van der Waals surface area (Å²) in [6.45, 7) is 2.33. The molecule has 3 aliphatic rings. The minimum absolute atomic E-state index is 0.0571. The zero-order chi connectivity index (χ0) is 11.0. The Bertz CT molecular complexity index is 470. The lowest BCUT2D eigenvalue weighted by Crippen LogP contribution is -2.43. The fourth-order valence-corrected chi connectivity index (χ4v) is 3.86. The van der Waals surface area contributed by atoms with Crippen molar-refractivity contribution >= 4 is 5.88 Å². The minimum Gasteiger partial charge on any atom is -0.367 e. The normalized spacial score (nSPS) is 44.4. The Kier molecular flexibility index (Phi) is 1.39.